The largest absolute Gasteiger partial charge is 0.494 e. The van der Waals surface area contributed by atoms with Gasteiger partial charge in [-0.2, -0.15) is 0 Å². The average Bonchev–Trinajstić information content (AvgIpc) is 3.28. The van der Waals surface area contributed by atoms with E-state index in [0.29, 0.717) is 31.3 Å². The molecule has 0 unspecified atom stereocenters. The van der Waals surface area contributed by atoms with Crippen LogP contribution < -0.4 is 9.64 Å². The molecule has 5 rings (SSSR count). The average molecular weight is 484 g/mol. The molecule has 7 heteroatoms. The molecule has 2 atom stereocenters. The van der Waals surface area contributed by atoms with Crippen LogP contribution in [0.5, 0.6) is 5.75 Å². The van der Waals surface area contributed by atoms with Crippen LogP contribution >= 0.6 is 0 Å². The minimum atomic E-state index is -1.08. The summed E-state index contributed by atoms with van der Waals surface area (Å²) in [5.41, 5.74) is 3.45. The molecular formula is C29H29N3O4. The maximum absolute atomic E-state index is 14.1. The van der Waals surface area contributed by atoms with Gasteiger partial charge in [0.05, 0.1) is 30.3 Å². The highest BCUT2D eigenvalue weighted by atomic mass is 16.5. The SMILES string of the molecule is CCOC(=O)[C@@H]1C(=O)N(CCc2ccccc2)c2nc3ccccc3n2[C@H]1c1ccccc1OCC. The predicted molar refractivity (Wildman–Crippen MR) is 138 cm³/mol. The lowest BCUT2D eigenvalue weighted by atomic mass is 9.88. The molecule has 0 saturated carbocycles. The Morgan fingerprint density at radius 1 is 0.917 bits per heavy atom. The summed E-state index contributed by atoms with van der Waals surface area (Å²) >= 11 is 0. The van der Waals surface area contributed by atoms with E-state index in [1.807, 2.05) is 90.4 Å². The van der Waals surface area contributed by atoms with Gasteiger partial charge < -0.3 is 14.0 Å². The molecular weight excluding hydrogens is 454 g/mol. The lowest BCUT2D eigenvalue weighted by Gasteiger charge is -2.38. The van der Waals surface area contributed by atoms with Gasteiger partial charge in [-0.15, -0.1) is 0 Å². The first kappa shape index (κ1) is 23.6. The fourth-order valence-corrected chi connectivity index (χ4v) is 4.93. The van der Waals surface area contributed by atoms with E-state index in [4.69, 9.17) is 14.5 Å². The number of benzene rings is 3. The lowest BCUT2D eigenvalue weighted by molar-refractivity contribution is -0.153. The summed E-state index contributed by atoms with van der Waals surface area (Å²) in [6.45, 7) is 4.70. The number of ether oxygens (including phenoxy) is 2. The van der Waals surface area contributed by atoms with E-state index in [1.165, 1.54) is 0 Å². The molecule has 0 saturated heterocycles. The van der Waals surface area contributed by atoms with Crippen molar-refractivity contribution in [2.24, 2.45) is 5.92 Å². The van der Waals surface area contributed by atoms with Crippen LogP contribution in [0, 0.1) is 5.92 Å². The predicted octanol–water partition coefficient (Wildman–Crippen LogP) is 4.79. The number of amides is 1. The van der Waals surface area contributed by atoms with Crippen LogP contribution in [0.25, 0.3) is 11.0 Å². The number of aromatic nitrogens is 2. The van der Waals surface area contributed by atoms with Crippen LogP contribution in [-0.4, -0.2) is 41.2 Å². The molecule has 0 fully saturated rings. The molecule has 1 amide bonds. The van der Waals surface area contributed by atoms with Crippen LogP contribution in [0.3, 0.4) is 0 Å². The summed E-state index contributed by atoms with van der Waals surface area (Å²) in [6, 6.07) is 24.6. The van der Waals surface area contributed by atoms with Crippen molar-refractivity contribution in [1.29, 1.82) is 0 Å². The quantitative estimate of drug-likeness (QED) is 0.266. The summed E-state index contributed by atoms with van der Waals surface area (Å²) in [7, 11) is 0. The highest BCUT2D eigenvalue weighted by Gasteiger charge is 2.48. The van der Waals surface area contributed by atoms with E-state index in [1.54, 1.807) is 11.8 Å². The minimum absolute atomic E-state index is 0.185. The molecule has 36 heavy (non-hydrogen) atoms. The first-order valence-electron chi connectivity index (χ1n) is 12.3. The highest BCUT2D eigenvalue weighted by molar-refractivity contribution is 6.08. The third-order valence-electron chi connectivity index (χ3n) is 6.49. The Labute approximate surface area is 210 Å². The summed E-state index contributed by atoms with van der Waals surface area (Å²) in [5, 5.41) is 0. The fraction of sp³-hybridized carbons (Fsp3) is 0.276. The number of imidazole rings is 1. The Balaban J connectivity index is 1.70. The topological polar surface area (TPSA) is 73.7 Å². The van der Waals surface area contributed by atoms with Crippen molar-refractivity contribution in [2.75, 3.05) is 24.7 Å². The number of rotatable bonds is 8. The Bertz CT molecular complexity index is 1380. The molecule has 0 bridgehead atoms. The second-order valence-corrected chi connectivity index (χ2v) is 8.64. The number of hydrogen-bond acceptors (Lipinski definition) is 5. The minimum Gasteiger partial charge on any atom is -0.494 e. The Morgan fingerprint density at radius 2 is 1.64 bits per heavy atom. The molecule has 2 heterocycles. The number of carbonyl (C=O) groups excluding carboxylic acids is 2. The Kier molecular flexibility index (Phi) is 6.71. The van der Waals surface area contributed by atoms with Crippen LogP contribution in [0.15, 0.2) is 78.9 Å². The molecule has 4 aromatic rings. The second-order valence-electron chi connectivity index (χ2n) is 8.64. The normalized spacial score (nSPS) is 17.2. The number of nitrogens with zero attached hydrogens (tertiary/aromatic N) is 3. The van der Waals surface area contributed by atoms with Gasteiger partial charge in [-0.05, 0) is 44.0 Å². The van der Waals surface area contributed by atoms with Crippen molar-refractivity contribution in [1.82, 2.24) is 9.55 Å². The molecule has 1 aliphatic rings. The third kappa shape index (κ3) is 4.21. The summed E-state index contributed by atoms with van der Waals surface area (Å²) in [4.78, 5) is 34.0. The zero-order valence-corrected chi connectivity index (χ0v) is 20.5. The highest BCUT2D eigenvalue weighted by Crippen LogP contribution is 2.43. The van der Waals surface area contributed by atoms with E-state index in [2.05, 4.69) is 0 Å². The molecule has 184 valence electrons. The third-order valence-corrected chi connectivity index (χ3v) is 6.49. The molecule has 0 spiro atoms. The number of esters is 1. The molecule has 7 nitrogen and oxygen atoms in total. The van der Waals surface area contributed by atoms with Gasteiger partial charge in [-0.25, -0.2) is 4.98 Å². The summed E-state index contributed by atoms with van der Waals surface area (Å²) in [5.74, 6) is -0.787. The smallest absolute Gasteiger partial charge is 0.321 e. The monoisotopic (exact) mass is 483 g/mol. The van der Waals surface area contributed by atoms with E-state index in [0.717, 1.165) is 22.2 Å². The van der Waals surface area contributed by atoms with Gasteiger partial charge in [-0.1, -0.05) is 60.7 Å². The zero-order valence-electron chi connectivity index (χ0n) is 20.5. The number of carbonyl (C=O) groups is 2. The van der Waals surface area contributed by atoms with Gasteiger partial charge in [0.25, 0.3) is 0 Å². The summed E-state index contributed by atoms with van der Waals surface area (Å²) < 4.78 is 13.4. The molecule has 0 aliphatic carbocycles. The zero-order chi connectivity index (χ0) is 25.1. The van der Waals surface area contributed by atoms with Gasteiger partial charge in [0.2, 0.25) is 11.9 Å². The number of anilines is 1. The van der Waals surface area contributed by atoms with Crippen LogP contribution in [0.1, 0.15) is 31.0 Å². The fourth-order valence-electron chi connectivity index (χ4n) is 4.93. The lowest BCUT2D eigenvalue weighted by Crippen LogP contribution is -2.50. The van der Waals surface area contributed by atoms with Crippen LogP contribution in [0.4, 0.5) is 5.95 Å². The first-order chi connectivity index (χ1) is 17.6. The van der Waals surface area contributed by atoms with Crippen LogP contribution in [0.2, 0.25) is 0 Å². The van der Waals surface area contributed by atoms with Gasteiger partial charge in [0.15, 0.2) is 5.92 Å². The van der Waals surface area contributed by atoms with Crippen LogP contribution in [-0.2, 0) is 20.7 Å². The maximum Gasteiger partial charge on any atom is 0.321 e. The van der Waals surface area contributed by atoms with Crippen molar-refractivity contribution < 1.29 is 19.1 Å². The van der Waals surface area contributed by atoms with Gasteiger partial charge >= 0.3 is 5.97 Å². The number of para-hydroxylation sites is 3. The molecule has 1 aromatic heterocycles. The standard InChI is InChI=1S/C29H29N3O4/c1-3-35-24-17-11-8-14-21(24)26-25(28(34)36-4-2)27(33)31(19-18-20-12-6-5-7-13-20)29-30-22-15-9-10-16-23(22)32(26)29/h5-17,25-26H,3-4,18-19H2,1-2H3/t25-,26-/m0/s1. The van der Waals surface area contributed by atoms with E-state index >= 15 is 0 Å². The van der Waals surface area contributed by atoms with Crippen molar-refractivity contribution >= 4 is 28.9 Å². The molecule has 1 aliphatic heterocycles. The van der Waals surface area contributed by atoms with Gasteiger partial charge in [0.1, 0.15) is 5.75 Å². The van der Waals surface area contributed by atoms with Crippen molar-refractivity contribution in [3.05, 3.63) is 90.0 Å². The van der Waals surface area contributed by atoms with Gasteiger partial charge in [-0.3, -0.25) is 14.5 Å². The molecule has 3 aromatic carbocycles. The maximum atomic E-state index is 14.1. The summed E-state index contributed by atoms with van der Waals surface area (Å²) in [6.07, 6.45) is 0.630. The Hall–Kier alpha value is -4.13. The van der Waals surface area contributed by atoms with Crippen molar-refractivity contribution in [3.8, 4) is 5.75 Å². The van der Waals surface area contributed by atoms with Crippen molar-refractivity contribution in [3.63, 3.8) is 0 Å². The van der Waals surface area contributed by atoms with E-state index < -0.39 is 17.9 Å². The van der Waals surface area contributed by atoms with Crippen molar-refractivity contribution in [2.45, 2.75) is 26.3 Å². The first-order valence-corrected chi connectivity index (χ1v) is 12.3. The number of hydrogen-bond donors (Lipinski definition) is 0. The van der Waals surface area contributed by atoms with E-state index in [9.17, 15) is 9.59 Å². The molecule has 0 radical (unpaired) electrons. The molecule has 0 N–H and O–H groups in total. The van der Waals surface area contributed by atoms with Gasteiger partial charge in [0, 0.05) is 12.1 Å². The number of fused-ring (bicyclic) bond motifs is 3. The van der Waals surface area contributed by atoms with E-state index in [-0.39, 0.29) is 12.5 Å². The Morgan fingerprint density at radius 3 is 2.42 bits per heavy atom. The second kappa shape index (κ2) is 10.2.